The lowest BCUT2D eigenvalue weighted by molar-refractivity contribution is 0.297. The van der Waals surface area contributed by atoms with Crippen LogP contribution in [-0.2, 0) is 0 Å². The summed E-state index contributed by atoms with van der Waals surface area (Å²) in [5, 5.41) is 3.14. The van der Waals surface area contributed by atoms with Gasteiger partial charge >= 0.3 is 0 Å². The third kappa shape index (κ3) is 4.62. The van der Waals surface area contributed by atoms with Crippen molar-refractivity contribution < 1.29 is 9.47 Å². The quantitative estimate of drug-likeness (QED) is 0.643. The summed E-state index contributed by atoms with van der Waals surface area (Å²) in [6, 6.07) is 11.5. The molecule has 0 radical (unpaired) electrons. The van der Waals surface area contributed by atoms with Crippen molar-refractivity contribution in [2.24, 2.45) is 10.7 Å². The third-order valence-electron chi connectivity index (χ3n) is 3.91. The number of rotatable bonds is 5. The summed E-state index contributed by atoms with van der Waals surface area (Å²) in [5.41, 5.74) is 7.87. The first-order valence-corrected chi connectivity index (χ1v) is 8.67. The second-order valence-electron chi connectivity index (χ2n) is 5.91. The molecule has 3 N–H and O–H groups in total. The van der Waals surface area contributed by atoms with Crippen LogP contribution < -0.4 is 20.5 Å². The van der Waals surface area contributed by atoms with E-state index in [0.29, 0.717) is 19.2 Å². The van der Waals surface area contributed by atoms with Crippen LogP contribution in [0.3, 0.4) is 0 Å². The van der Waals surface area contributed by atoms with Crippen molar-refractivity contribution in [3.05, 3.63) is 48.3 Å². The number of pyridine rings is 1. The molecule has 1 aliphatic heterocycles. The van der Waals surface area contributed by atoms with Gasteiger partial charge in [-0.05, 0) is 30.7 Å². The zero-order valence-electron chi connectivity index (χ0n) is 14.4. The average molecular weight is 340 g/mol. The van der Waals surface area contributed by atoms with Crippen molar-refractivity contribution in [1.82, 2.24) is 4.98 Å². The highest BCUT2D eigenvalue weighted by Gasteiger charge is 2.13. The molecule has 0 bridgehead atoms. The van der Waals surface area contributed by atoms with Crippen LogP contribution in [0.5, 0.6) is 11.5 Å². The van der Waals surface area contributed by atoms with Gasteiger partial charge in [-0.25, -0.2) is 4.99 Å². The van der Waals surface area contributed by atoms with Gasteiger partial charge in [-0.3, -0.25) is 4.98 Å². The van der Waals surface area contributed by atoms with Gasteiger partial charge < -0.3 is 20.5 Å². The number of aliphatic imine (C=N–C) groups is 1. The predicted octanol–water partition coefficient (Wildman–Crippen LogP) is 3.51. The molecule has 0 aliphatic carbocycles. The largest absolute Gasteiger partial charge is 0.490 e. The lowest BCUT2D eigenvalue weighted by atomic mass is 10.1. The summed E-state index contributed by atoms with van der Waals surface area (Å²) >= 11 is 0. The molecule has 1 aromatic carbocycles. The number of guanidine groups is 1. The van der Waals surface area contributed by atoms with Crippen molar-refractivity contribution in [2.45, 2.75) is 32.2 Å². The third-order valence-corrected chi connectivity index (χ3v) is 3.91. The fourth-order valence-electron chi connectivity index (χ4n) is 2.71. The van der Waals surface area contributed by atoms with Gasteiger partial charge in [-0.15, -0.1) is 0 Å². The molecular formula is C19H24N4O2. The van der Waals surface area contributed by atoms with E-state index in [1.165, 1.54) is 0 Å². The second-order valence-corrected chi connectivity index (χ2v) is 5.91. The Labute approximate surface area is 148 Å². The fourth-order valence-corrected chi connectivity index (χ4v) is 2.71. The van der Waals surface area contributed by atoms with Crippen LogP contribution in [0.25, 0.3) is 0 Å². The molecule has 6 nitrogen and oxygen atoms in total. The topological polar surface area (TPSA) is 81.8 Å². The smallest absolute Gasteiger partial charge is 0.193 e. The van der Waals surface area contributed by atoms with Crippen molar-refractivity contribution in [2.75, 3.05) is 18.5 Å². The van der Waals surface area contributed by atoms with Gasteiger partial charge in [-0.1, -0.05) is 19.4 Å². The second kappa shape index (κ2) is 8.37. The molecule has 132 valence electrons. The number of aromatic nitrogens is 1. The first-order valence-electron chi connectivity index (χ1n) is 8.67. The molecule has 1 aliphatic rings. The lowest BCUT2D eigenvalue weighted by Crippen LogP contribution is -2.23. The number of fused-ring (bicyclic) bond motifs is 1. The van der Waals surface area contributed by atoms with E-state index < -0.39 is 0 Å². The summed E-state index contributed by atoms with van der Waals surface area (Å²) < 4.78 is 11.3. The predicted molar refractivity (Wildman–Crippen MR) is 99.2 cm³/mol. The van der Waals surface area contributed by atoms with Gasteiger partial charge in [-0.2, -0.15) is 0 Å². The molecule has 1 unspecified atom stereocenters. The standard InChI is InChI=1S/C19H24N4O2/c1-2-6-16(15-7-3-4-10-21-15)23-19(20)22-14-8-9-17-18(13-14)25-12-5-11-24-17/h3-4,7-10,13,16H,2,5-6,11-12H2,1H3,(H3,20,22,23). The maximum absolute atomic E-state index is 6.12. The number of nitrogens with zero attached hydrogens (tertiary/aromatic N) is 2. The Balaban J connectivity index is 1.74. The SMILES string of the molecule is CCCC(N=C(N)Nc1ccc2c(c1)OCCCO2)c1ccccn1. The van der Waals surface area contributed by atoms with Crippen LogP contribution in [0.1, 0.15) is 37.9 Å². The minimum Gasteiger partial charge on any atom is -0.490 e. The average Bonchev–Trinajstić information content (AvgIpc) is 2.87. The molecule has 1 atom stereocenters. The Kier molecular flexibility index (Phi) is 5.72. The highest BCUT2D eigenvalue weighted by molar-refractivity contribution is 5.92. The molecule has 2 heterocycles. The number of hydrogen-bond donors (Lipinski definition) is 2. The highest BCUT2D eigenvalue weighted by atomic mass is 16.5. The molecule has 0 saturated heterocycles. The van der Waals surface area contributed by atoms with Gasteiger partial charge in [0.2, 0.25) is 0 Å². The van der Waals surface area contributed by atoms with Crippen molar-refractivity contribution in [3.63, 3.8) is 0 Å². The van der Waals surface area contributed by atoms with Crippen LogP contribution >= 0.6 is 0 Å². The van der Waals surface area contributed by atoms with Crippen LogP contribution in [-0.4, -0.2) is 24.2 Å². The molecule has 0 fully saturated rings. The van der Waals surface area contributed by atoms with Crippen LogP contribution in [0, 0.1) is 0 Å². The molecule has 25 heavy (non-hydrogen) atoms. The monoisotopic (exact) mass is 340 g/mol. The summed E-state index contributed by atoms with van der Waals surface area (Å²) in [4.78, 5) is 9.01. The number of benzene rings is 1. The number of ether oxygens (including phenoxy) is 2. The lowest BCUT2D eigenvalue weighted by Gasteiger charge is -2.14. The van der Waals surface area contributed by atoms with E-state index in [1.54, 1.807) is 6.20 Å². The normalized spacial score (nSPS) is 15.3. The van der Waals surface area contributed by atoms with Crippen LogP contribution in [0.4, 0.5) is 5.69 Å². The van der Waals surface area contributed by atoms with Crippen molar-refractivity contribution in [1.29, 1.82) is 0 Å². The van der Waals surface area contributed by atoms with E-state index in [9.17, 15) is 0 Å². The molecule has 2 aromatic rings. The molecular weight excluding hydrogens is 316 g/mol. The number of anilines is 1. The molecule has 0 spiro atoms. The zero-order valence-corrected chi connectivity index (χ0v) is 14.4. The maximum atomic E-state index is 6.12. The van der Waals surface area contributed by atoms with Gasteiger partial charge in [0.05, 0.1) is 24.9 Å². The molecule has 1 aromatic heterocycles. The van der Waals surface area contributed by atoms with Gasteiger partial charge in [0.15, 0.2) is 17.5 Å². The van der Waals surface area contributed by atoms with Crippen molar-refractivity contribution in [3.8, 4) is 11.5 Å². The molecule has 3 rings (SSSR count). The van der Waals surface area contributed by atoms with E-state index in [0.717, 1.165) is 42.1 Å². The fraction of sp³-hybridized carbons (Fsp3) is 0.368. The Morgan fingerprint density at radius 2 is 2.08 bits per heavy atom. The molecule has 0 amide bonds. The Morgan fingerprint density at radius 3 is 2.84 bits per heavy atom. The minimum absolute atomic E-state index is 0.0564. The van der Waals surface area contributed by atoms with Gasteiger partial charge in [0, 0.05) is 24.4 Å². The van der Waals surface area contributed by atoms with Gasteiger partial charge in [0.1, 0.15) is 0 Å². The number of nitrogens with one attached hydrogen (secondary N) is 1. The zero-order chi connectivity index (χ0) is 17.5. The van der Waals surface area contributed by atoms with E-state index in [4.69, 9.17) is 15.2 Å². The minimum atomic E-state index is -0.0564. The van der Waals surface area contributed by atoms with E-state index >= 15 is 0 Å². The van der Waals surface area contributed by atoms with Crippen LogP contribution in [0.15, 0.2) is 47.6 Å². The summed E-state index contributed by atoms with van der Waals surface area (Å²) in [5.74, 6) is 1.85. The summed E-state index contributed by atoms with van der Waals surface area (Å²) in [6.45, 7) is 3.45. The number of hydrogen-bond acceptors (Lipinski definition) is 4. The van der Waals surface area contributed by atoms with Gasteiger partial charge in [0.25, 0.3) is 0 Å². The molecule has 0 saturated carbocycles. The van der Waals surface area contributed by atoms with Crippen molar-refractivity contribution >= 4 is 11.6 Å². The molecule has 6 heteroatoms. The van der Waals surface area contributed by atoms with E-state index in [1.807, 2.05) is 36.4 Å². The summed E-state index contributed by atoms with van der Waals surface area (Å²) in [6.07, 6.45) is 4.55. The van der Waals surface area contributed by atoms with E-state index in [2.05, 4.69) is 22.2 Å². The summed E-state index contributed by atoms with van der Waals surface area (Å²) in [7, 11) is 0. The van der Waals surface area contributed by atoms with E-state index in [-0.39, 0.29) is 6.04 Å². The first kappa shape index (κ1) is 17.1. The highest BCUT2D eigenvalue weighted by Crippen LogP contribution is 2.32. The Morgan fingerprint density at radius 1 is 1.24 bits per heavy atom. The maximum Gasteiger partial charge on any atom is 0.193 e. The number of nitrogens with two attached hydrogens (primary N) is 1. The van der Waals surface area contributed by atoms with Crippen LogP contribution in [0.2, 0.25) is 0 Å². The Bertz CT molecular complexity index is 719. The Hall–Kier alpha value is -2.76. The first-order chi connectivity index (χ1) is 12.3.